The lowest BCUT2D eigenvalue weighted by Gasteiger charge is -2.21. The molecule has 1 aliphatic rings. The first-order valence-corrected chi connectivity index (χ1v) is 8.07. The number of hydrogen-bond donors (Lipinski definition) is 1. The molecule has 0 aliphatic heterocycles. The van der Waals surface area contributed by atoms with Gasteiger partial charge in [0.15, 0.2) is 0 Å². The van der Waals surface area contributed by atoms with Crippen molar-refractivity contribution in [1.29, 1.82) is 0 Å². The highest BCUT2D eigenvalue weighted by atomic mass is 16.5. The number of nitrogens with zero attached hydrogens (tertiary/aromatic N) is 2. The van der Waals surface area contributed by atoms with Crippen LogP contribution in [0.15, 0.2) is 42.7 Å². The molecule has 0 amide bonds. The van der Waals surface area contributed by atoms with Crippen molar-refractivity contribution in [3.63, 3.8) is 0 Å². The first kappa shape index (κ1) is 15.1. The molecule has 1 aromatic carbocycles. The zero-order valence-electron chi connectivity index (χ0n) is 13.5. The average Bonchev–Trinajstić information content (AvgIpc) is 3.17. The van der Waals surface area contributed by atoms with Gasteiger partial charge >= 0.3 is 0 Å². The van der Waals surface area contributed by atoms with Crippen LogP contribution >= 0.6 is 0 Å². The Labute approximate surface area is 132 Å². The second-order valence-corrected chi connectivity index (χ2v) is 6.35. The SMILES string of the molecule is COc1ccc(C2(CN[C@@H](C)CCn3cccn3)CC2)cc1. The van der Waals surface area contributed by atoms with Crippen LogP contribution in [0, 0.1) is 0 Å². The second kappa shape index (κ2) is 6.53. The summed E-state index contributed by atoms with van der Waals surface area (Å²) >= 11 is 0. The molecule has 1 heterocycles. The summed E-state index contributed by atoms with van der Waals surface area (Å²) in [5.74, 6) is 0.931. The zero-order valence-corrected chi connectivity index (χ0v) is 13.5. The van der Waals surface area contributed by atoms with Crippen LogP contribution in [0.25, 0.3) is 0 Å². The van der Waals surface area contributed by atoms with Crippen molar-refractivity contribution in [2.24, 2.45) is 0 Å². The molecule has 4 heteroatoms. The molecule has 22 heavy (non-hydrogen) atoms. The largest absolute Gasteiger partial charge is 0.497 e. The maximum atomic E-state index is 5.24. The van der Waals surface area contributed by atoms with Gasteiger partial charge in [-0.2, -0.15) is 5.10 Å². The van der Waals surface area contributed by atoms with Crippen LogP contribution in [0.1, 0.15) is 31.7 Å². The number of benzene rings is 1. The number of hydrogen-bond acceptors (Lipinski definition) is 3. The van der Waals surface area contributed by atoms with Crippen LogP contribution in [0.3, 0.4) is 0 Å². The summed E-state index contributed by atoms with van der Waals surface area (Å²) in [6, 6.07) is 11.0. The molecule has 3 rings (SSSR count). The van der Waals surface area contributed by atoms with Crippen LogP contribution in [0.2, 0.25) is 0 Å². The Hall–Kier alpha value is -1.81. The molecule has 4 nitrogen and oxygen atoms in total. The standard InChI is InChI=1S/C18H25N3O/c1-15(8-13-21-12-3-11-20-21)19-14-18(9-10-18)16-4-6-17(22-2)7-5-16/h3-7,11-12,15,19H,8-10,13-14H2,1-2H3/t15-/m0/s1. The molecule has 2 aromatic rings. The lowest BCUT2D eigenvalue weighted by molar-refractivity contribution is 0.413. The summed E-state index contributed by atoms with van der Waals surface area (Å²) in [5.41, 5.74) is 1.77. The van der Waals surface area contributed by atoms with Gasteiger partial charge in [0.25, 0.3) is 0 Å². The Morgan fingerprint density at radius 2 is 2.09 bits per heavy atom. The Balaban J connectivity index is 1.49. The Kier molecular flexibility index (Phi) is 4.48. The quantitative estimate of drug-likeness (QED) is 0.814. The third-order valence-electron chi connectivity index (χ3n) is 4.70. The Bertz CT molecular complexity index is 573. The summed E-state index contributed by atoms with van der Waals surface area (Å²) in [6.07, 6.45) is 7.50. The number of ether oxygens (including phenoxy) is 1. The fourth-order valence-corrected chi connectivity index (χ4v) is 2.89. The number of nitrogens with one attached hydrogen (secondary N) is 1. The molecule has 0 bridgehead atoms. The number of rotatable bonds is 8. The van der Waals surface area contributed by atoms with Crippen molar-refractivity contribution < 1.29 is 4.74 Å². The number of methoxy groups -OCH3 is 1. The molecular weight excluding hydrogens is 274 g/mol. The van der Waals surface area contributed by atoms with Gasteiger partial charge in [-0.15, -0.1) is 0 Å². The van der Waals surface area contributed by atoms with E-state index >= 15 is 0 Å². The smallest absolute Gasteiger partial charge is 0.118 e. The molecule has 1 saturated carbocycles. The summed E-state index contributed by atoms with van der Waals surface area (Å²) < 4.78 is 7.24. The molecule has 118 valence electrons. The molecule has 0 saturated heterocycles. The summed E-state index contributed by atoms with van der Waals surface area (Å²) in [6.45, 7) is 4.28. The lowest BCUT2D eigenvalue weighted by atomic mass is 9.95. The minimum atomic E-state index is 0.340. The normalized spacial score (nSPS) is 17.2. The van der Waals surface area contributed by atoms with E-state index in [4.69, 9.17) is 4.74 Å². The summed E-state index contributed by atoms with van der Waals surface area (Å²) in [4.78, 5) is 0. The molecular formula is C18H25N3O. The second-order valence-electron chi connectivity index (χ2n) is 6.35. The van der Waals surface area contributed by atoms with Crippen molar-refractivity contribution in [3.8, 4) is 5.75 Å². The van der Waals surface area contributed by atoms with Gasteiger partial charge in [0.1, 0.15) is 5.75 Å². The van der Waals surface area contributed by atoms with E-state index in [-0.39, 0.29) is 0 Å². The van der Waals surface area contributed by atoms with E-state index in [1.807, 2.05) is 23.1 Å². The third kappa shape index (κ3) is 3.50. The number of aromatic nitrogens is 2. The van der Waals surface area contributed by atoms with Crippen LogP contribution < -0.4 is 10.1 Å². The average molecular weight is 299 g/mol. The van der Waals surface area contributed by atoms with Gasteiger partial charge in [-0.25, -0.2) is 0 Å². The fourth-order valence-electron chi connectivity index (χ4n) is 2.89. The molecule has 1 N–H and O–H groups in total. The zero-order chi connectivity index (χ0) is 15.4. The predicted molar refractivity (Wildman–Crippen MR) is 88.2 cm³/mol. The van der Waals surface area contributed by atoms with E-state index in [0.29, 0.717) is 11.5 Å². The Morgan fingerprint density at radius 1 is 1.32 bits per heavy atom. The maximum Gasteiger partial charge on any atom is 0.118 e. The van der Waals surface area contributed by atoms with Gasteiger partial charge in [-0.1, -0.05) is 12.1 Å². The van der Waals surface area contributed by atoms with E-state index in [0.717, 1.165) is 25.3 Å². The number of aryl methyl sites for hydroxylation is 1. The van der Waals surface area contributed by atoms with E-state index < -0.39 is 0 Å². The monoisotopic (exact) mass is 299 g/mol. The first-order chi connectivity index (χ1) is 10.7. The van der Waals surface area contributed by atoms with Gasteiger partial charge in [-0.05, 0) is 49.9 Å². The maximum absolute atomic E-state index is 5.24. The van der Waals surface area contributed by atoms with Gasteiger partial charge in [0.2, 0.25) is 0 Å². The van der Waals surface area contributed by atoms with Crippen LogP contribution in [-0.4, -0.2) is 29.5 Å². The van der Waals surface area contributed by atoms with Crippen molar-refractivity contribution in [2.75, 3.05) is 13.7 Å². The van der Waals surface area contributed by atoms with E-state index in [1.54, 1.807) is 7.11 Å². The van der Waals surface area contributed by atoms with Gasteiger partial charge in [0.05, 0.1) is 7.11 Å². The third-order valence-corrected chi connectivity index (χ3v) is 4.70. The topological polar surface area (TPSA) is 39.1 Å². The predicted octanol–water partition coefficient (Wildman–Crippen LogP) is 2.99. The summed E-state index contributed by atoms with van der Waals surface area (Å²) in [5, 5.41) is 7.95. The molecule has 1 aromatic heterocycles. The van der Waals surface area contributed by atoms with Crippen molar-refractivity contribution in [2.45, 2.75) is 44.2 Å². The van der Waals surface area contributed by atoms with Crippen molar-refractivity contribution in [3.05, 3.63) is 48.3 Å². The first-order valence-electron chi connectivity index (χ1n) is 8.07. The van der Waals surface area contributed by atoms with Gasteiger partial charge < -0.3 is 10.1 Å². The highest BCUT2D eigenvalue weighted by Gasteiger charge is 2.43. The molecule has 0 radical (unpaired) electrons. The fraction of sp³-hybridized carbons (Fsp3) is 0.500. The van der Waals surface area contributed by atoms with E-state index in [1.165, 1.54) is 18.4 Å². The van der Waals surface area contributed by atoms with Gasteiger partial charge in [-0.3, -0.25) is 4.68 Å². The van der Waals surface area contributed by atoms with Crippen LogP contribution in [-0.2, 0) is 12.0 Å². The molecule has 1 atom stereocenters. The molecule has 0 spiro atoms. The minimum absolute atomic E-state index is 0.340. The summed E-state index contributed by atoms with van der Waals surface area (Å²) in [7, 11) is 1.71. The minimum Gasteiger partial charge on any atom is -0.497 e. The van der Waals surface area contributed by atoms with E-state index in [9.17, 15) is 0 Å². The molecule has 1 fully saturated rings. The van der Waals surface area contributed by atoms with E-state index in [2.05, 4.69) is 41.6 Å². The van der Waals surface area contributed by atoms with Gasteiger partial charge in [0, 0.05) is 36.9 Å². The molecule has 0 unspecified atom stereocenters. The highest BCUT2D eigenvalue weighted by molar-refractivity contribution is 5.36. The lowest BCUT2D eigenvalue weighted by Crippen LogP contribution is -2.34. The highest BCUT2D eigenvalue weighted by Crippen LogP contribution is 2.48. The Morgan fingerprint density at radius 3 is 2.68 bits per heavy atom. The van der Waals surface area contributed by atoms with Crippen LogP contribution in [0.4, 0.5) is 0 Å². The molecule has 1 aliphatic carbocycles. The van der Waals surface area contributed by atoms with Crippen molar-refractivity contribution in [1.82, 2.24) is 15.1 Å². The van der Waals surface area contributed by atoms with Crippen LogP contribution in [0.5, 0.6) is 5.75 Å². The van der Waals surface area contributed by atoms with Crippen molar-refractivity contribution >= 4 is 0 Å².